The van der Waals surface area contributed by atoms with Crippen LogP contribution in [0, 0.1) is 6.92 Å². The molecule has 2 aliphatic rings. The van der Waals surface area contributed by atoms with Gasteiger partial charge in [-0.3, -0.25) is 14.7 Å². The summed E-state index contributed by atoms with van der Waals surface area (Å²) in [5.74, 6) is 1.93. The van der Waals surface area contributed by atoms with Crippen LogP contribution >= 0.6 is 0 Å². The molecule has 1 N–H and O–H groups in total. The zero-order valence-corrected chi connectivity index (χ0v) is 14.8. The topological polar surface area (TPSA) is 81.0 Å². The Hall–Kier alpha value is -2.87. The van der Waals surface area contributed by atoms with Crippen molar-refractivity contribution in [3.63, 3.8) is 0 Å². The van der Waals surface area contributed by atoms with Crippen molar-refractivity contribution in [3.8, 4) is 5.75 Å². The van der Waals surface area contributed by atoms with Gasteiger partial charge in [-0.05, 0) is 19.1 Å². The Bertz CT molecular complexity index is 902. The molecule has 1 atom stereocenters. The first-order chi connectivity index (χ1) is 12.7. The van der Waals surface area contributed by atoms with Crippen LogP contribution in [-0.2, 0) is 4.74 Å². The van der Waals surface area contributed by atoms with Crippen molar-refractivity contribution in [2.45, 2.75) is 13.1 Å². The van der Waals surface area contributed by atoms with Gasteiger partial charge in [-0.1, -0.05) is 12.1 Å². The second-order valence-electron chi connectivity index (χ2n) is 6.26. The number of hydrogen-bond acceptors (Lipinski definition) is 7. The van der Waals surface area contributed by atoms with Crippen molar-refractivity contribution in [1.82, 2.24) is 14.5 Å². The third-order valence-electron chi connectivity index (χ3n) is 4.50. The molecule has 2 aliphatic heterocycles. The molecule has 1 saturated heterocycles. The van der Waals surface area contributed by atoms with Crippen LogP contribution < -0.4 is 15.6 Å². The largest absolute Gasteiger partial charge is 0.497 e. The van der Waals surface area contributed by atoms with Crippen molar-refractivity contribution in [2.75, 3.05) is 38.7 Å². The summed E-state index contributed by atoms with van der Waals surface area (Å²) in [6.07, 6.45) is -0.500. The number of anilines is 1. The van der Waals surface area contributed by atoms with Gasteiger partial charge in [0.2, 0.25) is 11.9 Å². The van der Waals surface area contributed by atoms with Gasteiger partial charge < -0.3 is 14.4 Å². The maximum absolute atomic E-state index is 12.7. The van der Waals surface area contributed by atoms with Crippen LogP contribution in [-0.4, -0.2) is 53.8 Å². The predicted octanol–water partition coefficient (Wildman–Crippen LogP) is 1.22. The van der Waals surface area contributed by atoms with Crippen LogP contribution in [0.15, 0.2) is 40.1 Å². The smallest absolute Gasteiger partial charge is 0.257 e. The number of rotatable bonds is 2. The number of methoxy groups -OCH3 is 1. The Balaban J connectivity index is 1.83. The van der Waals surface area contributed by atoms with Crippen molar-refractivity contribution in [3.05, 3.63) is 51.9 Å². The average molecular weight is 355 g/mol. The van der Waals surface area contributed by atoms with Crippen LogP contribution in [0.25, 0.3) is 0 Å². The number of nitrogens with one attached hydrogen (secondary N) is 1. The minimum atomic E-state index is -0.500. The summed E-state index contributed by atoms with van der Waals surface area (Å²) < 4.78 is 12.3. The molecule has 0 aliphatic carbocycles. The van der Waals surface area contributed by atoms with E-state index in [-0.39, 0.29) is 5.56 Å². The van der Waals surface area contributed by atoms with Crippen LogP contribution in [0.2, 0.25) is 0 Å². The molecular weight excluding hydrogens is 334 g/mol. The summed E-state index contributed by atoms with van der Waals surface area (Å²) in [6.45, 7) is 4.60. The minimum Gasteiger partial charge on any atom is -0.497 e. The molecule has 0 saturated carbocycles. The highest BCUT2D eigenvalue weighted by Gasteiger charge is 2.28. The maximum Gasteiger partial charge on any atom is 0.257 e. The summed E-state index contributed by atoms with van der Waals surface area (Å²) in [6, 6.07) is 9.12. The lowest BCUT2D eigenvalue weighted by Crippen LogP contribution is -2.47. The highest BCUT2D eigenvalue weighted by Crippen LogP contribution is 2.28. The molecule has 0 radical (unpaired) electrons. The van der Waals surface area contributed by atoms with Gasteiger partial charge in [-0.2, -0.15) is 0 Å². The molecule has 0 amide bonds. The molecule has 0 bridgehead atoms. The van der Waals surface area contributed by atoms with E-state index in [2.05, 4.69) is 15.2 Å². The molecule has 8 heteroatoms. The van der Waals surface area contributed by atoms with Gasteiger partial charge in [0.15, 0.2) is 6.17 Å². The number of benzene rings is 1. The van der Waals surface area contributed by atoms with E-state index in [0.29, 0.717) is 30.8 Å². The third-order valence-corrected chi connectivity index (χ3v) is 4.50. The van der Waals surface area contributed by atoms with Crippen molar-refractivity contribution in [2.24, 2.45) is 4.99 Å². The zero-order valence-electron chi connectivity index (χ0n) is 14.8. The Labute approximate surface area is 151 Å². The monoisotopic (exact) mass is 355 g/mol. The molecule has 26 heavy (non-hydrogen) atoms. The van der Waals surface area contributed by atoms with Gasteiger partial charge in [-0.15, -0.1) is 0 Å². The van der Waals surface area contributed by atoms with Crippen molar-refractivity contribution >= 4 is 11.9 Å². The van der Waals surface area contributed by atoms with Crippen LogP contribution in [0.3, 0.4) is 0 Å². The van der Waals surface area contributed by atoms with E-state index in [1.54, 1.807) is 11.7 Å². The summed E-state index contributed by atoms with van der Waals surface area (Å²) in [5.41, 5.74) is 1.39. The molecule has 0 spiro atoms. The Morgan fingerprint density at radius 2 is 2.08 bits per heavy atom. The number of guanidine groups is 1. The van der Waals surface area contributed by atoms with E-state index in [0.717, 1.165) is 24.4 Å². The van der Waals surface area contributed by atoms with Crippen molar-refractivity contribution < 1.29 is 9.47 Å². The van der Waals surface area contributed by atoms with E-state index >= 15 is 0 Å². The molecular formula is C18H21N5O3. The van der Waals surface area contributed by atoms with Gasteiger partial charge >= 0.3 is 0 Å². The number of ether oxygens (including phenoxy) is 2. The number of aryl methyl sites for hydroxylation is 1. The van der Waals surface area contributed by atoms with Gasteiger partial charge in [0, 0.05) is 30.4 Å². The zero-order chi connectivity index (χ0) is 18.1. The predicted molar refractivity (Wildman–Crippen MR) is 97.8 cm³/mol. The number of fused-ring (bicyclic) bond motifs is 1. The Morgan fingerprint density at radius 1 is 1.27 bits per heavy atom. The summed E-state index contributed by atoms with van der Waals surface area (Å²) >= 11 is 0. The molecule has 3 heterocycles. The number of aliphatic imine (C=N–C) groups is 1. The van der Waals surface area contributed by atoms with Gasteiger partial charge in [0.25, 0.3) is 5.56 Å². The molecule has 136 valence electrons. The fourth-order valence-corrected chi connectivity index (χ4v) is 3.20. The number of hydrogen-bond donors (Lipinski definition) is 1. The Kier molecular flexibility index (Phi) is 4.34. The lowest BCUT2D eigenvalue weighted by atomic mass is 10.1. The molecule has 1 fully saturated rings. The van der Waals surface area contributed by atoms with E-state index in [1.165, 1.54) is 6.07 Å². The maximum atomic E-state index is 12.7. The van der Waals surface area contributed by atoms with E-state index < -0.39 is 6.17 Å². The standard InChI is InChI=1S/C18H21N5O3/c1-12-10-15(24)23-16(13-4-3-5-14(11-13)25-2)20-17(21-18(23)19-12)22-6-8-26-9-7-22/h3-5,10-11,16H,6-9H2,1-2H3,(H,19,20,21)/t16-/m0/s1. The summed E-state index contributed by atoms with van der Waals surface area (Å²) in [4.78, 5) is 24.1. The van der Waals surface area contributed by atoms with E-state index in [9.17, 15) is 4.79 Å². The van der Waals surface area contributed by atoms with E-state index in [1.807, 2.05) is 31.2 Å². The first-order valence-corrected chi connectivity index (χ1v) is 8.57. The lowest BCUT2D eigenvalue weighted by molar-refractivity contribution is 0.0675. The van der Waals surface area contributed by atoms with Gasteiger partial charge in [-0.25, -0.2) is 9.98 Å². The number of nitrogens with zero attached hydrogens (tertiary/aromatic N) is 4. The highest BCUT2D eigenvalue weighted by atomic mass is 16.5. The second-order valence-corrected chi connectivity index (χ2v) is 6.26. The number of aromatic nitrogens is 2. The average Bonchev–Trinajstić information content (AvgIpc) is 2.67. The normalized spacial score (nSPS) is 19.4. The molecule has 1 aromatic heterocycles. The van der Waals surface area contributed by atoms with Crippen molar-refractivity contribution in [1.29, 1.82) is 0 Å². The van der Waals surface area contributed by atoms with Crippen LogP contribution in [0.1, 0.15) is 17.4 Å². The van der Waals surface area contributed by atoms with Gasteiger partial charge in [0.1, 0.15) is 5.75 Å². The second kappa shape index (κ2) is 6.80. The minimum absolute atomic E-state index is 0.141. The molecule has 2 aromatic rings. The molecule has 4 rings (SSSR count). The molecule has 0 unspecified atom stereocenters. The van der Waals surface area contributed by atoms with Crippen LogP contribution in [0.5, 0.6) is 5.75 Å². The SMILES string of the molecule is COc1cccc([C@H]2N=C(N3CCOCC3)Nc3nc(C)cc(=O)n32)c1. The van der Waals surface area contributed by atoms with E-state index in [4.69, 9.17) is 14.5 Å². The lowest BCUT2D eigenvalue weighted by Gasteiger charge is -2.34. The highest BCUT2D eigenvalue weighted by molar-refractivity contribution is 5.93. The summed E-state index contributed by atoms with van der Waals surface area (Å²) in [7, 11) is 1.62. The first kappa shape index (κ1) is 16.6. The fourth-order valence-electron chi connectivity index (χ4n) is 3.20. The van der Waals surface area contributed by atoms with Gasteiger partial charge in [0.05, 0.1) is 20.3 Å². The fraction of sp³-hybridized carbons (Fsp3) is 0.389. The Morgan fingerprint density at radius 3 is 2.85 bits per heavy atom. The number of morpholine rings is 1. The summed E-state index contributed by atoms with van der Waals surface area (Å²) in [5, 5.41) is 3.22. The molecule has 1 aromatic carbocycles. The quantitative estimate of drug-likeness (QED) is 0.872. The van der Waals surface area contributed by atoms with Crippen LogP contribution in [0.4, 0.5) is 5.95 Å². The first-order valence-electron chi connectivity index (χ1n) is 8.57. The molecule has 8 nitrogen and oxygen atoms in total. The third kappa shape index (κ3) is 3.03.